The van der Waals surface area contributed by atoms with Crippen LogP contribution in [-0.4, -0.2) is 35.5 Å². The molecule has 0 bridgehead atoms. The summed E-state index contributed by atoms with van der Waals surface area (Å²) in [6.45, 7) is 12.9. The number of aliphatic hydroxyl groups is 1. The van der Waals surface area contributed by atoms with Crippen molar-refractivity contribution >= 4 is 5.97 Å². The zero-order valence-electron chi connectivity index (χ0n) is 15.2. The summed E-state index contributed by atoms with van der Waals surface area (Å²) < 4.78 is 12.0. The molecule has 2 aliphatic carbocycles. The van der Waals surface area contributed by atoms with Crippen molar-refractivity contribution in [2.75, 3.05) is 6.61 Å². The van der Waals surface area contributed by atoms with Crippen LogP contribution in [0.4, 0.5) is 0 Å². The second kappa shape index (κ2) is 6.30. The molecule has 0 amide bonds. The average molecular weight is 334 g/mol. The van der Waals surface area contributed by atoms with E-state index < -0.39 is 11.7 Å². The van der Waals surface area contributed by atoms with Crippen LogP contribution >= 0.6 is 0 Å². The normalized spacial score (nSPS) is 42.9. The zero-order chi connectivity index (χ0) is 17.6. The Bertz CT molecular complexity index is 566. The minimum absolute atomic E-state index is 0.116. The highest BCUT2D eigenvalue weighted by atomic mass is 16.6. The Morgan fingerprint density at radius 1 is 1.54 bits per heavy atom. The van der Waals surface area contributed by atoms with Crippen LogP contribution in [0.5, 0.6) is 0 Å². The van der Waals surface area contributed by atoms with Crippen LogP contribution in [0.3, 0.4) is 0 Å². The van der Waals surface area contributed by atoms with Crippen LogP contribution in [0.2, 0.25) is 0 Å². The maximum absolute atomic E-state index is 12.2. The number of carbonyl (C=O) groups excluding carboxylic acids is 1. The van der Waals surface area contributed by atoms with E-state index >= 15 is 0 Å². The molecular weight excluding hydrogens is 304 g/mol. The summed E-state index contributed by atoms with van der Waals surface area (Å²) in [6.07, 6.45) is 4.05. The molecule has 1 heterocycles. The van der Waals surface area contributed by atoms with E-state index in [1.807, 2.05) is 13.8 Å². The molecule has 1 saturated heterocycles. The van der Waals surface area contributed by atoms with Gasteiger partial charge >= 0.3 is 5.97 Å². The molecule has 2 unspecified atom stereocenters. The van der Waals surface area contributed by atoms with Gasteiger partial charge in [0.05, 0.1) is 17.9 Å². The molecule has 0 aromatic heterocycles. The Morgan fingerprint density at radius 3 is 2.92 bits per heavy atom. The highest BCUT2D eigenvalue weighted by Crippen LogP contribution is 2.56. The summed E-state index contributed by atoms with van der Waals surface area (Å²) in [4.78, 5) is 12.2. The average Bonchev–Trinajstić information content (AvgIpc) is 2.91. The minimum Gasteiger partial charge on any atom is -0.461 e. The van der Waals surface area contributed by atoms with Crippen molar-refractivity contribution in [2.24, 2.45) is 23.7 Å². The predicted octanol–water partition coefficient (Wildman–Crippen LogP) is 3.25. The fourth-order valence-corrected chi connectivity index (χ4v) is 4.64. The lowest BCUT2D eigenvalue weighted by molar-refractivity contribution is -0.150. The molecular formula is C20H30O4. The van der Waals surface area contributed by atoms with Gasteiger partial charge in [-0.2, -0.15) is 0 Å². The van der Waals surface area contributed by atoms with Gasteiger partial charge in [-0.05, 0) is 31.3 Å². The lowest BCUT2D eigenvalue weighted by Crippen LogP contribution is -2.49. The highest BCUT2D eigenvalue weighted by Gasteiger charge is 2.68. The second-order valence-electron chi connectivity index (χ2n) is 7.92. The van der Waals surface area contributed by atoms with Crippen molar-refractivity contribution in [3.63, 3.8) is 0 Å². The van der Waals surface area contributed by atoms with Crippen molar-refractivity contribution < 1.29 is 19.4 Å². The predicted molar refractivity (Wildman–Crippen MR) is 92.3 cm³/mol. The minimum atomic E-state index is -1.12. The molecule has 4 nitrogen and oxygen atoms in total. The third kappa shape index (κ3) is 2.46. The van der Waals surface area contributed by atoms with Crippen LogP contribution in [-0.2, 0) is 14.3 Å². The first-order chi connectivity index (χ1) is 11.3. The summed E-state index contributed by atoms with van der Waals surface area (Å²) in [7, 11) is 0. The Labute approximate surface area is 144 Å². The van der Waals surface area contributed by atoms with E-state index in [2.05, 4.69) is 26.5 Å². The Kier molecular flexibility index (Phi) is 4.65. The number of esters is 1. The molecule has 24 heavy (non-hydrogen) atoms. The van der Waals surface area contributed by atoms with Crippen molar-refractivity contribution in [2.45, 2.75) is 64.8 Å². The van der Waals surface area contributed by atoms with Gasteiger partial charge in [-0.1, -0.05) is 45.4 Å². The number of fused-ring (bicyclic) bond motifs is 3. The standard InChI is InChI=1S/C20H30O4/c1-6-11(2)10-23-18-15-14(5)19(21)24-17(15)16-12(3)8-7-9-13(4)20(16,18)22/h9,11,14-18,22H,3,6-8,10H2,1-2,4-5H3/t11?,14-,15+,16?,17-,18-,20+/m1/s1. The molecule has 3 rings (SSSR count). The van der Waals surface area contributed by atoms with E-state index in [-0.39, 0.29) is 29.8 Å². The third-order valence-electron chi connectivity index (χ3n) is 6.41. The number of ether oxygens (including phenoxy) is 2. The van der Waals surface area contributed by atoms with E-state index in [9.17, 15) is 9.90 Å². The number of hydrogen-bond acceptors (Lipinski definition) is 4. The van der Waals surface area contributed by atoms with Gasteiger partial charge in [0.15, 0.2) is 0 Å². The Balaban J connectivity index is 2.01. The molecule has 2 fully saturated rings. The lowest BCUT2D eigenvalue weighted by atomic mass is 9.79. The lowest BCUT2D eigenvalue weighted by Gasteiger charge is -2.38. The largest absolute Gasteiger partial charge is 0.461 e. The third-order valence-corrected chi connectivity index (χ3v) is 6.41. The van der Waals surface area contributed by atoms with E-state index in [0.29, 0.717) is 12.5 Å². The fourth-order valence-electron chi connectivity index (χ4n) is 4.64. The van der Waals surface area contributed by atoms with E-state index in [0.717, 1.165) is 30.4 Å². The molecule has 7 atom stereocenters. The number of hydrogen-bond donors (Lipinski definition) is 1. The maximum atomic E-state index is 12.2. The summed E-state index contributed by atoms with van der Waals surface area (Å²) in [5, 5.41) is 11.7. The molecule has 1 saturated carbocycles. The molecule has 1 aliphatic heterocycles. The molecule has 0 spiro atoms. The topological polar surface area (TPSA) is 55.8 Å². The zero-order valence-corrected chi connectivity index (χ0v) is 15.2. The van der Waals surface area contributed by atoms with Gasteiger partial charge in [-0.3, -0.25) is 4.79 Å². The summed E-state index contributed by atoms with van der Waals surface area (Å²) in [5.74, 6) is -0.402. The van der Waals surface area contributed by atoms with Gasteiger partial charge in [-0.15, -0.1) is 0 Å². The fraction of sp³-hybridized carbons (Fsp3) is 0.750. The molecule has 0 aromatic rings. The van der Waals surface area contributed by atoms with Gasteiger partial charge in [0, 0.05) is 12.5 Å². The number of rotatable bonds is 4. The van der Waals surface area contributed by atoms with Crippen molar-refractivity contribution in [3.8, 4) is 0 Å². The molecule has 3 aliphatic rings. The van der Waals surface area contributed by atoms with Gasteiger partial charge in [0.1, 0.15) is 11.7 Å². The Hall–Kier alpha value is -1.13. The van der Waals surface area contributed by atoms with Crippen molar-refractivity contribution in [3.05, 3.63) is 23.8 Å². The van der Waals surface area contributed by atoms with Crippen LogP contribution in [0, 0.1) is 23.7 Å². The molecule has 4 heteroatoms. The quantitative estimate of drug-likeness (QED) is 0.633. The van der Waals surface area contributed by atoms with E-state index in [1.165, 1.54) is 0 Å². The van der Waals surface area contributed by atoms with E-state index in [4.69, 9.17) is 9.47 Å². The molecule has 134 valence electrons. The molecule has 0 aromatic carbocycles. The first kappa shape index (κ1) is 17.7. The van der Waals surface area contributed by atoms with Crippen LogP contribution in [0.15, 0.2) is 23.8 Å². The number of carbonyl (C=O) groups is 1. The second-order valence-corrected chi connectivity index (χ2v) is 7.92. The molecule has 1 N–H and O–H groups in total. The monoisotopic (exact) mass is 334 g/mol. The SMILES string of the molecule is C=C1CCC=C(C)[C@]2(O)C1[C@@H]1OC(=O)[C@H](C)[C@@H]1[C@H]2OCC(C)CC. The Morgan fingerprint density at radius 2 is 2.25 bits per heavy atom. The first-order valence-electron chi connectivity index (χ1n) is 9.21. The highest BCUT2D eigenvalue weighted by molar-refractivity contribution is 5.76. The smallest absolute Gasteiger partial charge is 0.309 e. The van der Waals surface area contributed by atoms with Crippen molar-refractivity contribution in [1.29, 1.82) is 0 Å². The van der Waals surface area contributed by atoms with Gasteiger partial charge < -0.3 is 14.6 Å². The van der Waals surface area contributed by atoms with Gasteiger partial charge in [0.2, 0.25) is 0 Å². The van der Waals surface area contributed by atoms with Gasteiger partial charge in [0.25, 0.3) is 0 Å². The van der Waals surface area contributed by atoms with Crippen LogP contribution < -0.4 is 0 Å². The molecule has 0 radical (unpaired) electrons. The summed E-state index contributed by atoms with van der Waals surface area (Å²) >= 11 is 0. The summed E-state index contributed by atoms with van der Waals surface area (Å²) in [6, 6.07) is 0. The van der Waals surface area contributed by atoms with Crippen molar-refractivity contribution in [1.82, 2.24) is 0 Å². The first-order valence-corrected chi connectivity index (χ1v) is 9.21. The van der Waals surface area contributed by atoms with Crippen LogP contribution in [0.1, 0.15) is 47.0 Å². The van der Waals surface area contributed by atoms with Crippen LogP contribution in [0.25, 0.3) is 0 Å². The summed E-state index contributed by atoms with van der Waals surface area (Å²) in [5.41, 5.74) is 0.779. The maximum Gasteiger partial charge on any atom is 0.309 e. The van der Waals surface area contributed by atoms with Gasteiger partial charge in [-0.25, -0.2) is 0 Å². The van der Waals surface area contributed by atoms with E-state index in [1.54, 1.807) is 0 Å². The number of allylic oxidation sites excluding steroid dienone is 1.